The molecule has 0 aromatic heterocycles. The number of methoxy groups -OCH3 is 1. The molecule has 0 saturated carbocycles. The molecule has 0 bridgehead atoms. The van der Waals surface area contributed by atoms with E-state index in [9.17, 15) is 18.0 Å². The van der Waals surface area contributed by atoms with Crippen LogP contribution in [0.5, 0.6) is 5.75 Å². The zero-order valence-electron chi connectivity index (χ0n) is 23.9. The van der Waals surface area contributed by atoms with Crippen molar-refractivity contribution in [3.8, 4) is 5.75 Å². The molecule has 0 saturated heterocycles. The van der Waals surface area contributed by atoms with Crippen LogP contribution in [0.3, 0.4) is 0 Å². The van der Waals surface area contributed by atoms with Crippen LogP contribution in [0.1, 0.15) is 37.8 Å². The molecule has 8 nitrogen and oxygen atoms in total. The summed E-state index contributed by atoms with van der Waals surface area (Å²) in [6, 6.07) is 22.6. The van der Waals surface area contributed by atoms with Crippen LogP contribution >= 0.6 is 11.6 Å². The van der Waals surface area contributed by atoms with E-state index >= 15 is 0 Å². The van der Waals surface area contributed by atoms with E-state index in [0.29, 0.717) is 22.9 Å². The van der Waals surface area contributed by atoms with Crippen molar-refractivity contribution in [2.45, 2.75) is 51.7 Å². The monoisotopic (exact) mass is 599 g/mol. The van der Waals surface area contributed by atoms with Gasteiger partial charge in [0.15, 0.2) is 0 Å². The van der Waals surface area contributed by atoms with Gasteiger partial charge in [-0.05, 0) is 55.7 Å². The molecule has 41 heavy (non-hydrogen) atoms. The van der Waals surface area contributed by atoms with Crippen molar-refractivity contribution in [3.05, 3.63) is 95.0 Å². The number of carbonyl (C=O) groups excluding carboxylic acids is 2. The molecule has 220 valence electrons. The second-order valence-electron chi connectivity index (χ2n) is 10.2. The van der Waals surface area contributed by atoms with Crippen LogP contribution in [0.25, 0.3) is 0 Å². The Morgan fingerprint density at radius 2 is 1.63 bits per heavy atom. The van der Waals surface area contributed by atoms with E-state index in [1.165, 1.54) is 11.4 Å². The van der Waals surface area contributed by atoms with Crippen molar-refractivity contribution in [1.82, 2.24) is 10.2 Å². The van der Waals surface area contributed by atoms with Gasteiger partial charge in [0.2, 0.25) is 21.8 Å². The molecule has 2 amide bonds. The minimum atomic E-state index is -3.62. The number of anilines is 1. The van der Waals surface area contributed by atoms with Gasteiger partial charge in [-0.3, -0.25) is 13.9 Å². The summed E-state index contributed by atoms with van der Waals surface area (Å²) < 4.78 is 31.8. The second-order valence-corrected chi connectivity index (χ2v) is 12.5. The summed E-state index contributed by atoms with van der Waals surface area (Å²) in [6.45, 7) is 4.01. The molecule has 3 rings (SSSR count). The number of ether oxygens (including phenoxy) is 1. The highest BCUT2D eigenvalue weighted by molar-refractivity contribution is 7.92. The molecule has 10 heteroatoms. The first-order valence-electron chi connectivity index (χ1n) is 13.5. The van der Waals surface area contributed by atoms with Crippen molar-refractivity contribution in [1.29, 1.82) is 0 Å². The molecule has 0 unspecified atom stereocenters. The molecule has 0 aliphatic carbocycles. The van der Waals surface area contributed by atoms with Crippen LogP contribution in [0, 0.1) is 0 Å². The van der Waals surface area contributed by atoms with Crippen LogP contribution in [0.2, 0.25) is 5.02 Å². The van der Waals surface area contributed by atoms with Crippen molar-refractivity contribution < 1.29 is 22.7 Å². The third kappa shape index (κ3) is 9.79. The number of hydrogen-bond acceptors (Lipinski definition) is 5. The van der Waals surface area contributed by atoms with E-state index < -0.39 is 16.1 Å². The van der Waals surface area contributed by atoms with Gasteiger partial charge in [-0.25, -0.2) is 8.42 Å². The Balaban J connectivity index is 1.88. The lowest BCUT2D eigenvalue weighted by Crippen LogP contribution is -2.51. The number of rotatable bonds is 14. The lowest BCUT2D eigenvalue weighted by molar-refractivity contribution is -0.141. The molecular formula is C31H38ClN3O5S. The number of halogens is 1. The number of carbonyl (C=O) groups is 2. The first-order chi connectivity index (χ1) is 19.5. The molecule has 1 N–H and O–H groups in total. The maximum Gasteiger partial charge on any atom is 0.243 e. The van der Waals surface area contributed by atoms with Gasteiger partial charge >= 0.3 is 0 Å². The van der Waals surface area contributed by atoms with E-state index in [1.807, 2.05) is 50.2 Å². The molecule has 0 spiro atoms. The predicted molar refractivity (Wildman–Crippen MR) is 164 cm³/mol. The lowest BCUT2D eigenvalue weighted by atomic mass is 10.0. The molecule has 1 atom stereocenters. The quantitative estimate of drug-likeness (QED) is 0.279. The minimum absolute atomic E-state index is 0.0385. The van der Waals surface area contributed by atoms with Gasteiger partial charge < -0.3 is 15.0 Å². The van der Waals surface area contributed by atoms with Crippen molar-refractivity contribution in [2.75, 3.05) is 24.2 Å². The van der Waals surface area contributed by atoms with Crippen LogP contribution in [-0.4, -0.2) is 57.1 Å². The molecule has 3 aromatic rings. The van der Waals surface area contributed by atoms with Crippen LogP contribution in [0.4, 0.5) is 5.69 Å². The standard InChI is InChI=1S/C31H38ClN3O5S/c1-23(2)33-31(37)29(20-24-11-6-5-7-12-24)34(22-25-13-8-14-26(32)19-25)30(36)17-10-18-35(41(4,38)39)27-15-9-16-28(21-27)40-3/h5-9,11-16,19,21,23,29H,10,17-18,20,22H2,1-4H3,(H,33,37)/t29-/m0/s1. The lowest BCUT2D eigenvalue weighted by Gasteiger charge is -2.32. The van der Waals surface area contributed by atoms with Gasteiger partial charge in [-0.15, -0.1) is 0 Å². The van der Waals surface area contributed by atoms with Gasteiger partial charge in [0.25, 0.3) is 0 Å². The van der Waals surface area contributed by atoms with Crippen molar-refractivity contribution >= 4 is 39.1 Å². The Morgan fingerprint density at radius 1 is 0.951 bits per heavy atom. The van der Waals surface area contributed by atoms with Gasteiger partial charge in [-0.2, -0.15) is 0 Å². The molecule has 0 aliphatic heterocycles. The Morgan fingerprint density at radius 3 is 2.27 bits per heavy atom. The first kappa shape index (κ1) is 32.0. The van der Waals surface area contributed by atoms with Crippen LogP contribution in [-0.2, 0) is 32.6 Å². The highest BCUT2D eigenvalue weighted by Gasteiger charge is 2.31. The second kappa shape index (κ2) is 14.9. The van der Waals surface area contributed by atoms with Gasteiger partial charge in [-0.1, -0.05) is 60.1 Å². The Hall–Kier alpha value is -3.56. The normalized spacial score (nSPS) is 12.0. The van der Waals surface area contributed by atoms with Crippen LogP contribution in [0.15, 0.2) is 78.9 Å². The molecule has 0 aliphatic rings. The Labute approximate surface area is 248 Å². The first-order valence-corrected chi connectivity index (χ1v) is 15.7. The zero-order chi connectivity index (χ0) is 30.0. The summed E-state index contributed by atoms with van der Waals surface area (Å²) in [5, 5.41) is 3.49. The molecule has 0 heterocycles. The smallest absolute Gasteiger partial charge is 0.243 e. The van der Waals surface area contributed by atoms with E-state index in [2.05, 4.69) is 5.32 Å². The van der Waals surface area contributed by atoms with Gasteiger partial charge in [0.05, 0.1) is 19.1 Å². The molecule has 0 fully saturated rings. The SMILES string of the molecule is COc1cccc(N(CCCC(=O)N(Cc2cccc(Cl)c2)[C@@H](Cc2ccccc2)C(=O)NC(C)C)S(C)(=O)=O)c1. The number of amides is 2. The summed E-state index contributed by atoms with van der Waals surface area (Å²) >= 11 is 6.24. The van der Waals surface area contributed by atoms with Gasteiger partial charge in [0.1, 0.15) is 11.8 Å². The third-order valence-electron chi connectivity index (χ3n) is 6.44. The molecule has 3 aromatic carbocycles. The average molecular weight is 600 g/mol. The number of nitrogens with zero attached hydrogens (tertiary/aromatic N) is 2. The number of hydrogen-bond donors (Lipinski definition) is 1. The Kier molecular flexibility index (Phi) is 11.6. The largest absolute Gasteiger partial charge is 0.497 e. The van der Waals surface area contributed by atoms with Crippen molar-refractivity contribution in [3.63, 3.8) is 0 Å². The van der Waals surface area contributed by atoms with E-state index in [-0.39, 0.29) is 43.8 Å². The highest BCUT2D eigenvalue weighted by Crippen LogP contribution is 2.24. The van der Waals surface area contributed by atoms with Crippen LogP contribution < -0.4 is 14.4 Å². The average Bonchev–Trinajstić information content (AvgIpc) is 2.92. The summed E-state index contributed by atoms with van der Waals surface area (Å²) in [5.41, 5.74) is 2.16. The summed E-state index contributed by atoms with van der Waals surface area (Å²) in [5.74, 6) is 0.0112. The van der Waals surface area contributed by atoms with E-state index in [0.717, 1.165) is 17.4 Å². The number of nitrogens with one attached hydrogen (secondary N) is 1. The van der Waals surface area contributed by atoms with Crippen molar-refractivity contribution in [2.24, 2.45) is 0 Å². The fraction of sp³-hybridized carbons (Fsp3) is 0.355. The third-order valence-corrected chi connectivity index (χ3v) is 7.87. The topological polar surface area (TPSA) is 96.0 Å². The molecule has 0 radical (unpaired) electrons. The summed E-state index contributed by atoms with van der Waals surface area (Å²) in [6.07, 6.45) is 1.74. The summed E-state index contributed by atoms with van der Waals surface area (Å²) in [7, 11) is -2.11. The maximum absolute atomic E-state index is 13.8. The number of benzene rings is 3. The number of sulfonamides is 1. The predicted octanol–water partition coefficient (Wildman–Crippen LogP) is 5.06. The fourth-order valence-electron chi connectivity index (χ4n) is 4.54. The van der Waals surface area contributed by atoms with Gasteiger partial charge in [0, 0.05) is 43.1 Å². The van der Waals surface area contributed by atoms with E-state index in [1.54, 1.807) is 47.4 Å². The fourth-order valence-corrected chi connectivity index (χ4v) is 5.71. The zero-order valence-corrected chi connectivity index (χ0v) is 25.5. The van der Waals surface area contributed by atoms with E-state index in [4.69, 9.17) is 16.3 Å². The summed E-state index contributed by atoms with van der Waals surface area (Å²) in [4.78, 5) is 28.9. The highest BCUT2D eigenvalue weighted by atomic mass is 35.5. The minimum Gasteiger partial charge on any atom is -0.497 e. The molecular weight excluding hydrogens is 562 g/mol. The Bertz CT molecular complexity index is 1420. The maximum atomic E-state index is 13.8.